The number of hydrogen-bond donors (Lipinski definition) is 1. The molecule has 4 aromatic rings. The van der Waals surface area contributed by atoms with E-state index in [9.17, 15) is 14.4 Å². The van der Waals surface area contributed by atoms with Crippen molar-refractivity contribution < 1.29 is 18.7 Å². The Hall–Kier alpha value is -4.41. The lowest BCUT2D eigenvalue weighted by molar-refractivity contribution is -0.132. The number of oxazole rings is 1. The molecular formula is C25H26N6O5. The molecule has 0 aliphatic carbocycles. The molecule has 2 aromatic carbocycles. The second-order valence-corrected chi connectivity index (χ2v) is 8.67. The number of carbonyl (C=O) groups is 2. The van der Waals surface area contributed by atoms with Crippen molar-refractivity contribution in [3.05, 3.63) is 64.4 Å². The molecule has 1 N–H and O–H groups in total. The van der Waals surface area contributed by atoms with E-state index in [0.717, 1.165) is 24.9 Å². The van der Waals surface area contributed by atoms with Gasteiger partial charge in [-0.25, -0.2) is 9.48 Å². The largest absolute Gasteiger partial charge is 0.497 e. The maximum atomic E-state index is 13.0. The highest BCUT2D eigenvalue weighted by atomic mass is 16.5. The first-order valence-corrected chi connectivity index (χ1v) is 11.7. The van der Waals surface area contributed by atoms with E-state index in [2.05, 4.69) is 15.6 Å². The second kappa shape index (κ2) is 9.68. The molecule has 0 atom stereocenters. The van der Waals surface area contributed by atoms with Crippen LogP contribution in [0.1, 0.15) is 35.4 Å². The Morgan fingerprint density at radius 3 is 2.56 bits per heavy atom. The van der Waals surface area contributed by atoms with E-state index in [1.54, 1.807) is 53.9 Å². The molecule has 36 heavy (non-hydrogen) atoms. The van der Waals surface area contributed by atoms with Gasteiger partial charge in [-0.2, -0.15) is 0 Å². The number of ether oxygens (including phenoxy) is 1. The number of likely N-dealkylation sites (tertiary alicyclic amines) is 1. The van der Waals surface area contributed by atoms with E-state index in [4.69, 9.17) is 9.15 Å². The van der Waals surface area contributed by atoms with Gasteiger partial charge in [0.25, 0.3) is 5.91 Å². The maximum absolute atomic E-state index is 13.0. The molecule has 0 unspecified atom stereocenters. The van der Waals surface area contributed by atoms with Crippen LogP contribution >= 0.6 is 0 Å². The summed E-state index contributed by atoms with van der Waals surface area (Å²) in [6.07, 6.45) is 3.03. The van der Waals surface area contributed by atoms with Crippen LogP contribution in [0.25, 0.3) is 16.8 Å². The smallest absolute Gasteiger partial charge is 0.420 e. The second-order valence-electron chi connectivity index (χ2n) is 8.67. The minimum Gasteiger partial charge on any atom is -0.497 e. The normalized spacial score (nSPS) is 13.7. The van der Waals surface area contributed by atoms with E-state index >= 15 is 0 Å². The third-order valence-corrected chi connectivity index (χ3v) is 6.35. The Kier molecular flexibility index (Phi) is 6.28. The van der Waals surface area contributed by atoms with Crippen molar-refractivity contribution in [1.29, 1.82) is 0 Å². The summed E-state index contributed by atoms with van der Waals surface area (Å²) in [7, 11) is 1.59. The van der Waals surface area contributed by atoms with Gasteiger partial charge >= 0.3 is 5.76 Å². The molecule has 186 valence electrons. The number of aromatic nitrogens is 4. The zero-order valence-electron chi connectivity index (χ0n) is 20.1. The Balaban J connectivity index is 1.36. The van der Waals surface area contributed by atoms with Gasteiger partial charge in [-0.15, -0.1) is 5.10 Å². The SMILES string of the molecule is COc1ccc(-n2nnc(C(=O)Nc3ccc4oc(=O)n(CC(=O)N5CCCCC5)c4c3)c2C)cc1. The fourth-order valence-electron chi connectivity index (χ4n) is 4.37. The Morgan fingerprint density at radius 2 is 1.83 bits per heavy atom. The zero-order chi connectivity index (χ0) is 25.2. The van der Waals surface area contributed by atoms with Crippen molar-refractivity contribution in [2.45, 2.75) is 32.7 Å². The molecule has 3 heterocycles. The summed E-state index contributed by atoms with van der Waals surface area (Å²) >= 11 is 0. The highest BCUT2D eigenvalue weighted by Gasteiger charge is 2.21. The van der Waals surface area contributed by atoms with E-state index in [1.807, 2.05) is 12.1 Å². The quantitative estimate of drug-likeness (QED) is 0.441. The molecule has 0 radical (unpaired) electrons. The molecule has 1 aliphatic rings. The van der Waals surface area contributed by atoms with Gasteiger partial charge in [0.2, 0.25) is 5.91 Å². The lowest BCUT2D eigenvalue weighted by Crippen LogP contribution is -2.39. The molecule has 0 spiro atoms. The van der Waals surface area contributed by atoms with Crippen molar-refractivity contribution in [2.75, 3.05) is 25.5 Å². The van der Waals surface area contributed by atoms with Gasteiger partial charge in [-0.05, 0) is 68.7 Å². The van der Waals surface area contributed by atoms with Crippen molar-refractivity contribution in [3.63, 3.8) is 0 Å². The molecule has 1 fully saturated rings. The molecule has 1 saturated heterocycles. The summed E-state index contributed by atoms with van der Waals surface area (Å²) < 4.78 is 13.4. The minimum atomic E-state index is -0.614. The lowest BCUT2D eigenvalue weighted by atomic mass is 10.1. The van der Waals surface area contributed by atoms with Gasteiger partial charge < -0.3 is 19.4 Å². The van der Waals surface area contributed by atoms with Gasteiger partial charge in [0.15, 0.2) is 11.3 Å². The average Bonchev–Trinajstić information content (AvgIpc) is 3.43. The topological polar surface area (TPSA) is 124 Å². The molecule has 0 saturated carbocycles. The maximum Gasteiger partial charge on any atom is 0.420 e. The number of piperidine rings is 1. The van der Waals surface area contributed by atoms with Gasteiger partial charge in [0, 0.05) is 18.8 Å². The standard InChI is InChI=1S/C25H26N6O5/c1-16-23(27-28-31(16)18-7-9-19(35-2)10-8-18)24(33)26-17-6-11-21-20(14-17)30(25(34)36-21)15-22(32)29-12-4-3-5-13-29/h6-11,14H,3-5,12-13,15H2,1-2H3,(H,26,33). The number of carbonyl (C=O) groups excluding carboxylic acids is 2. The molecule has 11 nitrogen and oxygen atoms in total. The first-order valence-electron chi connectivity index (χ1n) is 11.7. The number of hydrogen-bond acceptors (Lipinski definition) is 7. The van der Waals surface area contributed by atoms with Crippen LogP contribution < -0.4 is 15.8 Å². The van der Waals surface area contributed by atoms with Gasteiger partial charge in [-0.3, -0.25) is 14.2 Å². The molecule has 0 bridgehead atoms. The number of methoxy groups -OCH3 is 1. The minimum absolute atomic E-state index is 0.113. The summed E-state index contributed by atoms with van der Waals surface area (Å²) in [4.78, 5) is 39.9. The molecular weight excluding hydrogens is 464 g/mol. The Bertz CT molecular complexity index is 1480. The number of nitrogens with zero attached hydrogens (tertiary/aromatic N) is 5. The monoisotopic (exact) mass is 490 g/mol. The van der Waals surface area contributed by atoms with Crippen molar-refractivity contribution in [1.82, 2.24) is 24.5 Å². The number of benzene rings is 2. The van der Waals surface area contributed by atoms with Gasteiger partial charge in [0.1, 0.15) is 12.3 Å². The van der Waals surface area contributed by atoms with Crippen LogP contribution in [0.4, 0.5) is 5.69 Å². The summed E-state index contributed by atoms with van der Waals surface area (Å²) in [5.41, 5.74) is 2.67. The molecule has 2 amide bonds. The summed E-state index contributed by atoms with van der Waals surface area (Å²) in [6, 6.07) is 12.1. The van der Waals surface area contributed by atoms with E-state index in [0.29, 0.717) is 41.3 Å². The van der Waals surface area contributed by atoms with Crippen LogP contribution in [0.5, 0.6) is 5.75 Å². The van der Waals surface area contributed by atoms with E-state index < -0.39 is 11.7 Å². The molecule has 11 heteroatoms. The van der Waals surface area contributed by atoms with Crippen LogP contribution in [0, 0.1) is 6.92 Å². The third kappa shape index (κ3) is 4.47. The van der Waals surface area contributed by atoms with Crippen LogP contribution in [0.3, 0.4) is 0 Å². The summed E-state index contributed by atoms with van der Waals surface area (Å²) in [6.45, 7) is 3.03. The van der Waals surface area contributed by atoms with Crippen molar-refractivity contribution >= 4 is 28.6 Å². The number of amides is 2. The van der Waals surface area contributed by atoms with Crippen LogP contribution in [0.15, 0.2) is 51.7 Å². The predicted octanol–water partition coefficient (Wildman–Crippen LogP) is 2.76. The average molecular weight is 491 g/mol. The number of anilines is 1. The zero-order valence-corrected chi connectivity index (χ0v) is 20.1. The van der Waals surface area contributed by atoms with Crippen LogP contribution in [0.2, 0.25) is 0 Å². The molecule has 2 aromatic heterocycles. The van der Waals surface area contributed by atoms with Crippen LogP contribution in [-0.4, -0.2) is 56.5 Å². The molecule has 1 aliphatic heterocycles. The van der Waals surface area contributed by atoms with E-state index in [1.165, 1.54) is 4.57 Å². The number of nitrogens with one attached hydrogen (secondary N) is 1. The summed E-state index contributed by atoms with van der Waals surface area (Å²) in [5.74, 6) is -0.481. The number of fused-ring (bicyclic) bond motifs is 1. The van der Waals surface area contributed by atoms with Gasteiger partial charge in [0.05, 0.1) is 24.0 Å². The summed E-state index contributed by atoms with van der Waals surface area (Å²) in [5, 5.41) is 11.0. The number of rotatable bonds is 6. The predicted molar refractivity (Wildman–Crippen MR) is 132 cm³/mol. The van der Waals surface area contributed by atoms with Crippen molar-refractivity contribution in [3.8, 4) is 11.4 Å². The van der Waals surface area contributed by atoms with Crippen molar-refractivity contribution in [2.24, 2.45) is 0 Å². The fraction of sp³-hybridized carbons (Fsp3) is 0.320. The highest BCUT2D eigenvalue weighted by molar-refractivity contribution is 6.04. The first kappa shape index (κ1) is 23.3. The first-order chi connectivity index (χ1) is 17.4. The fourth-order valence-corrected chi connectivity index (χ4v) is 4.37. The van der Waals surface area contributed by atoms with Crippen LogP contribution in [-0.2, 0) is 11.3 Å². The Labute approximate surface area is 206 Å². The molecule has 5 rings (SSSR count). The Morgan fingerprint density at radius 1 is 1.08 bits per heavy atom. The highest BCUT2D eigenvalue weighted by Crippen LogP contribution is 2.21. The lowest BCUT2D eigenvalue weighted by Gasteiger charge is -2.26. The van der Waals surface area contributed by atoms with Gasteiger partial charge in [-0.1, -0.05) is 5.21 Å². The third-order valence-electron chi connectivity index (χ3n) is 6.35. The van der Waals surface area contributed by atoms with E-state index in [-0.39, 0.29) is 18.1 Å².